The number of rotatable bonds is 11. The van der Waals surface area contributed by atoms with Crippen molar-refractivity contribution < 1.29 is 0 Å². The molecular weight excluding hydrogens is 376 g/mol. The second-order valence-corrected chi connectivity index (χ2v) is 7.59. The lowest BCUT2D eigenvalue weighted by Gasteiger charge is -2.22. The first-order valence-corrected chi connectivity index (χ1v) is 10.3. The van der Waals surface area contributed by atoms with Gasteiger partial charge in [0.25, 0.3) is 10.9 Å². The van der Waals surface area contributed by atoms with Crippen LogP contribution in [0.5, 0.6) is 0 Å². The molecular formula is C21H27ClN4O2. The topological polar surface area (TPSA) is 82.6 Å². The van der Waals surface area contributed by atoms with E-state index in [1.807, 2.05) is 30.5 Å². The van der Waals surface area contributed by atoms with Gasteiger partial charge in [-0.25, -0.2) is 0 Å². The molecule has 0 amide bonds. The average molecular weight is 403 g/mol. The molecule has 1 unspecified atom stereocenters. The van der Waals surface area contributed by atoms with Gasteiger partial charge in [0.05, 0.1) is 6.54 Å². The number of nitrogens with one attached hydrogen (secondary N) is 3. The molecule has 28 heavy (non-hydrogen) atoms. The minimum atomic E-state index is -0.412. The maximum atomic E-state index is 11.8. The van der Waals surface area contributed by atoms with Crippen molar-refractivity contribution in [2.45, 2.75) is 44.6 Å². The molecule has 0 aliphatic carbocycles. The Morgan fingerprint density at radius 3 is 2.29 bits per heavy atom. The van der Waals surface area contributed by atoms with Crippen LogP contribution in [0.3, 0.4) is 0 Å². The fourth-order valence-electron chi connectivity index (χ4n) is 3.30. The highest BCUT2D eigenvalue weighted by Gasteiger charge is 2.23. The standard InChI is InChI=1S/C21H27ClN4O2/c22-15-7-9-16(10-8-15)24-12-3-1-2-4-13-25-18-19(21(28)20(18)27)26-17-6-5-11-23-14-17/h7-11,17,24-26H,1-6,12-14H2. The lowest BCUT2D eigenvalue weighted by atomic mass is 10.1. The molecule has 2 aromatic rings. The number of benzene rings is 1. The molecule has 1 aliphatic rings. The maximum absolute atomic E-state index is 11.8. The van der Waals surface area contributed by atoms with Crippen molar-refractivity contribution in [3.8, 4) is 0 Å². The van der Waals surface area contributed by atoms with E-state index in [2.05, 4.69) is 20.9 Å². The zero-order valence-corrected chi connectivity index (χ0v) is 16.7. The van der Waals surface area contributed by atoms with E-state index >= 15 is 0 Å². The molecule has 150 valence electrons. The first-order chi connectivity index (χ1) is 13.6. The SMILES string of the molecule is O=c1c(NCCCCCCNc2ccc(Cl)cc2)c(NC2CCC=NC2)c1=O. The summed E-state index contributed by atoms with van der Waals surface area (Å²) in [6.07, 6.45) is 7.98. The Balaban J connectivity index is 1.29. The Kier molecular flexibility index (Phi) is 7.48. The molecule has 1 atom stereocenters. The molecule has 0 saturated carbocycles. The van der Waals surface area contributed by atoms with Gasteiger partial charge in [0.2, 0.25) is 0 Å². The Morgan fingerprint density at radius 2 is 1.61 bits per heavy atom. The van der Waals surface area contributed by atoms with E-state index in [-0.39, 0.29) is 6.04 Å². The van der Waals surface area contributed by atoms with Gasteiger partial charge in [0.1, 0.15) is 11.4 Å². The molecule has 1 aliphatic heterocycles. The smallest absolute Gasteiger partial charge is 0.253 e. The lowest BCUT2D eigenvalue weighted by molar-refractivity contribution is 0.658. The van der Waals surface area contributed by atoms with E-state index < -0.39 is 10.9 Å². The minimum absolute atomic E-state index is 0.141. The summed E-state index contributed by atoms with van der Waals surface area (Å²) < 4.78 is 0. The summed E-state index contributed by atoms with van der Waals surface area (Å²) >= 11 is 5.87. The number of hydrogen-bond donors (Lipinski definition) is 3. The summed E-state index contributed by atoms with van der Waals surface area (Å²) in [4.78, 5) is 27.9. The second kappa shape index (κ2) is 10.3. The average Bonchev–Trinajstić information content (AvgIpc) is 2.73. The monoisotopic (exact) mass is 402 g/mol. The molecule has 0 saturated heterocycles. The van der Waals surface area contributed by atoms with Crippen molar-refractivity contribution in [2.75, 3.05) is 35.6 Å². The van der Waals surface area contributed by atoms with Crippen LogP contribution in [0.4, 0.5) is 17.1 Å². The highest BCUT2D eigenvalue weighted by Crippen LogP contribution is 2.18. The van der Waals surface area contributed by atoms with Gasteiger partial charge in [0.15, 0.2) is 0 Å². The second-order valence-electron chi connectivity index (χ2n) is 7.15. The number of halogens is 1. The fraction of sp³-hybridized carbons (Fsp3) is 0.476. The summed E-state index contributed by atoms with van der Waals surface area (Å²) in [6, 6.07) is 7.84. The predicted molar refractivity (Wildman–Crippen MR) is 118 cm³/mol. The van der Waals surface area contributed by atoms with Crippen LogP contribution in [0, 0.1) is 0 Å². The van der Waals surface area contributed by atoms with E-state index in [1.54, 1.807) is 0 Å². The van der Waals surface area contributed by atoms with Gasteiger partial charge in [-0.1, -0.05) is 24.4 Å². The molecule has 6 nitrogen and oxygen atoms in total. The number of hydrogen-bond acceptors (Lipinski definition) is 6. The predicted octanol–water partition coefficient (Wildman–Crippen LogP) is 3.67. The van der Waals surface area contributed by atoms with Gasteiger partial charge < -0.3 is 16.0 Å². The molecule has 0 radical (unpaired) electrons. The molecule has 3 N–H and O–H groups in total. The van der Waals surface area contributed by atoms with Crippen LogP contribution < -0.4 is 26.8 Å². The maximum Gasteiger partial charge on any atom is 0.253 e. The van der Waals surface area contributed by atoms with Crippen LogP contribution in [0.25, 0.3) is 0 Å². The van der Waals surface area contributed by atoms with Crippen molar-refractivity contribution in [3.63, 3.8) is 0 Å². The molecule has 2 aromatic carbocycles. The van der Waals surface area contributed by atoms with E-state index in [4.69, 9.17) is 11.6 Å². The first kappa shape index (κ1) is 20.4. The molecule has 0 spiro atoms. The van der Waals surface area contributed by atoms with Crippen molar-refractivity contribution in [2.24, 2.45) is 4.99 Å². The molecule has 1 heterocycles. The van der Waals surface area contributed by atoms with Crippen LogP contribution >= 0.6 is 11.6 Å². The Hall–Kier alpha value is -2.34. The summed E-state index contributed by atoms with van der Waals surface area (Å²) in [5.41, 5.74) is 1.15. The number of aliphatic imine (C=N–C) groups is 1. The van der Waals surface area contributed by atoms with Crippen molar-refractivity contribution in [1.82, 2.24) is 0 Å². The van der Waals surface area contributed by atoms with Gasteiger partial charge in [-0.15, -0.1) is 0 Å². The third kappa shape index (κ3) is 5.58. The number of unbranched alkanes of at least 4 members (excludes halogenated alkanes) is 3. The Labute approximate surface area is 170 Å². The van der Waals surface area contributed by atoms with Crippen molar-refractivity contribution >= 4 is 34.9 Å². The van der Waals surface area contributed by atoms with E-state index in [9.17, 15) is 9.59 Å². The minimum Gasteiger partial charge on any atom is -0.385 e. The van der Waals surface area contributed by atoms with Crippen LogP contribution in [-0.2, 0) is 0 Å². The molecule has 0 aromatic heterocycles. The quantitative estimate of drug-likeness (QED) is 0.394. The Morgan fingerprint density at radius 1 is 0.929 bits per heavy atom. The highest BCUT2D eigenvalue weighted by atomic mass is 35.5. The summed E-state index contributed by atoms with van der Waals surface area (Å²) in [5.74, 6) is 0. The van der Waals surface area contributed by atoms with Gasteiger partial charge in [0, 0.05) is 29.8 Å². The van der Waals surface area contributed by atoms with Crippen molar-refractivity contribution in [1.29, 1.82) is 0 Å². The van der Waals surface area contributed by atoms with Gasteiger partial charge in [-0.05, 0) is 56.2 Å². The van der Waals surface area contributed by atoms with Gasteiger partial charge in [-0.3, -0.25) is 14.6 Å². The Bertz CT molecular complexity index is 856. The van der Waals surface area contributed by atoms with Crippen molar-refractivity contribution in [3.05, 3.63) is 49.7 Å². The van der Waals surface area contributed by atoms with Crippen LogP contribution in [0.1, 0.15) is 38.5 Å². The normalized spacial score (nSPS) is 16.2. The van der Waals surface area contributed by atoms with Crippen LogP contribution in [-0.4, -0.2) is 31.9 Å². The fourth-order valence-corrected chi connectivity index (χ4v) is 3.42. The summed E-state index contributed by atoms with van der Waals surface area (Å²) in [6.45, 7) is 2.28. The highest BCUT2D eigenvalue weighted by molar-refractivity contribution is 6.30. The third-order valence-corrected chi connectivity index (χ3v) is 5.19. The third-order valence-electron chi connectivity index (χ3n) is 4.94. The van der Waals surface area contributed by atoms with E-state index in [1.165, 1.54) is 0 Å². The van der Waals surface area contributed by atoms with E-state index in [0.29, 0.717) is 24.5 Å². The summed E-state index contributed by atoms with van der Waals surface area (Å²) in [7, 11) is 0. The van der Waals surface area contributed by atoms with Crippen LogP contribution in [0.2, 0.25) is 5.02 Å². The zero-order valence-electron chi connectivity index (χ0n) is 16.0. The molecule has 7 heteroatoms. The molecule has 3 rings (SSSR count). The van der Waals surface area contributed by atoms with Gasteiger partial charge >= 0.3 is 0 Å². The molecule has 0 fully saturated rings. The first-order valence-electron chi connectivity index (χ1n) is 9.96. The number of anilines is 3. The van der Waals surface area contributed by atoms with Gasteiger partial charge in [-0.2, -0.15) is 0 Å². The van der Waals surface area contributed by atoms with Crippen LogP contribution in [0.15, 0.2) is 38.8 Å². The largest absolute Gasteiger partial charge is 0.385 e. The lowest BCUT2D eigenvalue weighted by Crippen LogP contribution is -2.40. The van der Waals surface area contributed by atoms with E-state index in [0.717, 1.165) is 55.8 Å². The zero-order chi connectivity index (χ0) is 19.8. The molecule has 0 bridgehead atoms. The number of nitrogens with zero attached hydrogens (tertiary/aromatic N) is 1. The summed E-state index contributed by atoms with van der Waals surface area (Å²) in [5, 5.41) is 10.4.